The number of amides is 1. The lowest BCUT2D eigenvalue weighted by atomic mass is 10.2. The summed E-state index contributed by atoms with van der Waals surface area (Å²) in [5.41, 5.74) is 1.16. The Hall–Kier alpha value is -2.89. The largest absolute Gasteiger partial charge is 0.497 e. The van der Waals surface area contributed by atoms with Crippen LogP contribution in [0.5, 0.6) is 5.75 Å². The lowest BCUT2D eigenvalue weighted by Crippen LogP contribution is -2.16. The van der Waals surface area contributed by atoms with Crippen molar-refractivity contribution in [3.63, 3.8) is 0 Å². The Morgan fingerprint density at radius 3 is 2.57 bits per heavy atom. The van der Waals surface area contributed by atoms with Crippen LogP contribution in [0.1, 0.15) is 17.3 Å². The normalized spacial score (nSPS) is 12.1. The van der Waals surface area contributed by atoms with Gasteiger partial charge >= 0.3 is 0 Å². The minimum Gasteiger partial charge on any atom is -0.497 e. The summed E-state index contributed by atoms with van der Waals surface area (Å²) in [6, 6.07) is 11.3. The van der Waals surface area contributed by atoms with Crippen LogP contribution in [0, 0.1) is 12.3 Å². The topological polar surface area (TPSA) is 77.7 Å². The fourth-order valence-corrected chi connectivity index (χ4v) is 4.57. The van der Waals surface area contributed by atoms with Gasteiger partial charge in [0.15, 0.2) is 14.6 Å². The highest BCUT2D eigenvalue weighted by Gasteiger charge is 2.13. The molecule has 2 aromatic carbocycles. The van der Waals surface area contributed by atoms with Gasteiger partial charge < -0.3 is 9.30 Å². The minimum absolute atomic E-state index is 0.00199. The summed E-state index contributed by atoms with van der Waals surface area (Å²) in [6.45, 7) is 1.84. The highest BCUT2D eigenvalue weighted by Crippen LogP contribution is 2.23. The average molecular weight is 415 g/mol. The monoisotopic (exact) mass is 414 g/mol. The molecule has 0 fully saturated rings. The molecule has 0 saturated heterocycles. The Labute approximate surface area is 167 Å². The van der Waals surface area contributed by atoms with Crippen LogP contribution in [0.15, 0.2) is 52.4 Å². The zero-order valence-electron chi connectivity index (χ0n) is 15.4. The lowest BCUT2D eigenvalue weighted by Gasteiger charge is -2.02. The summed E-state index contributed by atoms with van der Waals surface area (Å²) in [7, 11) is -1.73. The van der Waals surface area contributed by atoms with Gasteiger partial charge in [-0.25, -0.2) is 8.42 Å². The molecule has 3 rings (SSSR count). The van der Waals surface area contributed by atoms with E-state index in [0.29, 0.717) is 16.1 Å². The van der Waals surface area contributed by atoms with Gasteiger partial charge in [0.2, 0.25) is 0 Å². The second-order valence-corrected chi connectivity index (χ2v) is 9.14. The van der Waals surface area contributed by atoms with Crippen LogP contribution in [-0.2, 0) is 16.4 Å². The van der Waals surface area contributed by atoms with Gasteiger partial charge in [0.1, 0.15) is 5.75 Å². The van der Waals surface area contributed by atoms with Gasteiger partial charge in [-0.15, -0.1) is 6.42 Å². The molecule has 0 saturated carbocycles. The summed E-state index contributed by atoms with van der Waals surface area (Å²) in [6.07, 6.45) is 5.47. The van der Waals surface area contributed by atoms with Crippen LogP contribution in [0.25, 0.3) is 10.2 Å². The van der Waals surface area contributed by atoms with E-state index < -0.39 is 15.7 Å². The van der Waals surface area contributed by atoms with Crippen molar-refractivity contribution in [2.75, 3.05) is 12.9 Å². The first-order valence-corrected chi connectivity index (χ1v) is 10.9. The summed E-state index contributed by atoms with van der Waals surface area (Å²) >= 11 is 1.33. The molecule has 28 heavy (non-hydrogen) atoms. The molecule has 0 aliphatic carbocycles. The number of sulfone groups is 1. The molecule has 3 aromatic rings. The third-order valence-electron chi connectivity index (χ3n) is 4.18. The standard InChI is InChI=1S/C20H18N2O4S2/c1-4-12-22-17-11-8-15(26-3)13-18(17)27-20(22)21-19(23)14-6-9-16(10-7-14)28(24,25)5-2/h1,6-11,13H,5,12H2,2-3H3. The molecular formula is C20H18N2O4S2. The average Bonchev–Trinajstić information content (AvgIpc) is 3.04. The van der Waals surface area contributed by atoms with E-state index in [2.05, 4.69) is 10.9 Å². The molecule has 1 aromatic heterocycles. The highest BCUT2D eigenvalue weighted by molar-refractivity contribution is 7.91. The van der Waals surface area contributed by atoms with E-state index in [1.165, 1.54) is 35.6 Å². The smallest absolute Gasteiger partial charge is 0.279 e. The fourth-order valence-electron chi connectivity index (χ4n) is 2.63. The van der Waals surface area contributed by atoms with E-state index in [-0.39, 0.29) is 17.2 Å². The predicted molar refractivity (Wildman–Crippen MR) is 109 cm³/mol. The maximum atomic E-state index is 12.6. The maximum Gasteiger partial charge on any atom is 0.279 e. The van der Waals surface area contributed by atoms with Crippen LogP contribution in [0.2, 0.25) is 0 Å². The second kappa shape index (κ2) is 8.00. The van der Waals surface area contributed by atoms with Crippen molar-refractivity contribution in [3.05, 3.63) is 52.8 Å². The molecule has 0 spiro atoms. The molecule has 0 bridgehead atoms. The third kappa shape index (κ3) is 3.86. The van der Waals surface area contributed by atoms with Crippen LogP contribution < -0.4 is 9.54 Å². The summed E-state index contributed by atoms with van der Waals surface area (Å²) in [5, 5.41) is 0. The predicted octanol–water partition coefficient (Wildman–Crippen LogP) is 2.88. The number of aromatic nitrogens is 1. The van der Waals surface area contributed by atoms with Crippen molar-refractivity contribution in [2.24, 2.45) is 4.99 Å². The van der Waals surface area contributed by atoms with E-state index in [1.807, 2.05) is 18.2 Å². The number of carbonyl (C=O) groups excluding carboxylic acids is 1. The highest BCUT2D eigenvalue weighted by atomic mass is 32.2. The molecule has 144 valence electrons. The van der Waals surface area contributed by atoms with Gasteiger partial charge in [-0.3, -0.25) is 4.79 Å². The molecule has 0 aliphatic heterocycles. The molecule has 1 heterocycles. The van der Waals surface area contributed by atoms with Gasteiger partial charge in [0.25, 0.3) is 5.91 Å². The van der Waals surface area contributed by atoms with Crippen molar-refractivity contribution in [1.29, 1.82) is 0 Å². The summed E-state index contributed by atoms with van der Waals surface area (Å²) in [5.74, 6) is 2.81. The van der Waals surface area contributed by atoms with Gasteiger partial charge in [0, 0.05) is 5.56 Å². The molecular weight excluding hydrogens is 396 g/mol. The molecule has 6 nitrogen and oxygen atoms in total. The van der Waals surface area contributed by atoms with E-state index in [1.54, 1.807) is 18.6 Å². The first-order valence-electron chi connectivity index (χ1n) is 8.42. The number of hydrogen-bond donors (Lipinski definition) is 0. The number of fused-ring (bicyclic) bond motifs is 1. The first-order chi connectivity index (χ1) is 13.4. The van der Waals surface area contributed by atoms with Crippen molar-refractivity contribution in [3.8, 4) is 18.1 Å². The number of rotatable bonds is 5. The quantitative estimate of drug-likeness (QED) is 0.602. The van der Waals surface area contributed by atoms with Crippen LogP contribution in [-0.4, -0.2) is 31.8 Å². The van der Waals surface area contributed by atoms with Crippen molar-refractivity contribution < 1.29 is 17.9 Å². The number of benzene rings is 2. The zero-order valence-corrected chi connectivity index (χ0v) is 17.0. The summed E-state index contributed by atoms with van der Waals surface area (Å²) in [4.78, 5) is 17.5. The Morgan fingerprint density at radius 1 is 1.25 bits per heavy atom. The lowest BCUT2D eigenvalue weighted by molar-refractivity contribution is 0.0998. The van der Waals surface area contributed by atoms with E-state index >= 15 is 0 Å². The number of carbonyl (C=O) groups is 1. The molecule has 0 N–H and O–H groups in total. The summed E-state index contributed by atoms with van der Waals surface area (Å²) < 4.78 is 31.7. The number of thiazole rings is 1. The number of nitrogens with zero attached hydrogens (tertiary/aromatic N) is 2. The van der Waals surface area contributed by atoms with Crippen molar-refractivity contribution >= 4 is 37.3 Å². The number of hydrogen-bond acceptors (Lipinski definition) is 5. The Morgan fingerprint density at radius 2 is 1.96 bits per heavy atom. The number of ether oxygens (including phenoxy) is 1. The number of terminal acetylenes is 1. The van der Waals surface area contributed by atoms with Crippen molar-refractivity contribution in [1.82, 2.24) is 4.57 Å². The zero-order chi connectivity index (χ0) is 20.3. The number of methoxy groups -OCH3 is 1. The Kier molecular flexibility index (Phi) is 5.68. The van der Waals surface area contributed by atoms with Gasteiger partial charge in [-0.05, 0) is 42.5 Å². The molecule has 0 atom stereocenters. The molecule has 8 heteroatoms. The van der Waals surface area contributed by atoms with E-state index in [9.17, 15) is 13.2 Å². The minimum atomic E-state index is -3.32. The molecule has 1 amide bonds. The van der Waals surface area contributed by atoms with Crippen LogP contribution in [0.4, 0.5) is 0 Å². The Balaban J connectivity index is 2.05. The fraction of sp³-hybridized carbons (Fsp3) is 0.200. The van der Waals surface area contributed by atoms with Gasteiger partial charge in [-0.1, -0.05) is 24.2 Å². The van der Waals surface area contributed by atoms with Gasteiger partial charge in [0.05, 0.1) is 34.5 Å². The SMILES string of the molecule is C#CCn1c(=NC(=O)c2ccc(S(=O)(=O)CC)cc2)sc2cc(OC)ccc21. The molecule has 0 radical (unpaired) electrons. The molecule has 0 aliphatic rings. The third-order valence-corrected chi connectivity index (χ3v) is 6.97. The maximum absolute atomic E-state index is 12.6. The van der Waals surface area contributed by atoms with Crippen molar-refractivity contribution in [2.45, 2.75) is 18.4 Å². The van der Waals surface area contributed by atoms with Gasteiger partial charge in [-0.2, -0.15) is 4.99 Å². The molecule has 0 unspecified atom stereocenters. The van der Waals surface area contributed by atoms with Crippen LogP contribution >= 0.6 is 11.3 Å². The van der Waals surface area contributed by atoms with E-state index in [0.717, 1.165) is 10.2 Å². The second-order valence-electron chi connectivity index (χ2n) is 5.85. The van der Waals surface area contributed by atoms with Crippen LogP contribution in [0.3, 0.4) is 0 Å². The van der Waals surface area contributed by atoms with E-state index in [4.69, 9.17) is 11.2 Å². The first kappa shape index (κ1) is 19.9. The Bertz CT molecular complexity index is 1240.